The molecule has 1 fully saturated rings. The normalized spacial score (nSPS) is 17.9. The van der Waals surface area contributed by atoms with Crippen LogP contribution in [0.5, 0.6) is 0 Å². The molecular weight excluding hydrogens is 290 g/mol. The standard InChI is InChI=1S/C14H23N3O3S/c1-10-12(14(15-2)21-17-10)13(18)16-6-4-7-19-9-11-5-3-8-20-11/h11,15H,3-9H2,1-2H3,(H,16,18). The Morgan fingerprint density at radius 1 is 1.57 bits per heavy atom. The molecule has 0 spiro atoms. The number of ether oxygens (including phenoxy) is 2. The van der Waals surface area contributed by atoms with Gasteiger partial charge in [0.25, 0.3) is 5.91 Å². The molecule has 0 radical (unpaired) electrons. The lowest BCUT2D eigenvalue weighted by atomic mass is 10.2. The quantitative estimate of drug-likeness (QED) is 0.716. The van der Waals surface area contributed by atoms with E-state index in [1.54, 1.807) is 7.05 Å². The van der Waals surface area contributed by atoms with Crippen LogP contribution in [0.15, 0.2) is 0 Å². The third kappa shape index (κ3) is 4.66. The number of carbonyl (C=O) groups is 1. The Morgan fingerprint density at radius 3 is 3.14 bits per heavy atom. The summed E-state index contributed by atoms with van der Waals surface area (Å²) in [5.41, 5.74) is 1.40. The fraction of sp³-hybridized carbons (Fsp3) is 0.714. The van der Waals surface area contributed by atoms with Gasteiger partial charge in [0.05, 0.1) is 24.0 Å². The van der Waals surface area contributed by atoms with Crippen molar-refractivity contribution in [3.05, 3.63) is 11.3 Å². The molecule has 1 unspecified atom stereocenters. The van der Waals surface area contributed by atoms with E-state index in [2.05, 4.69) is 15.0 Å². The fourth-order valence-corrected chi connectivity index (χ4v) is 3.01. The zero-order valence-corrected chi connectivity index (χ0v) is 13.4. The Hall–Kier alpha value is -1.18. The van der Waals surface area contributed by atoms with E-state index in [9.17, 15) is 4.79 Å². The largest absolute Gasteiger partial charge is 0.379 e. The summed E-state index contributed by atoms with van der Waals surface area (Å²) in [6, 6.07) is 0. The van der Waals surface area contributed by atoms with Gasteiger partial charge in [-0.05, 0) is 37.7 Å². The van der Waals surface area contributed by atoms with Crippen molar-refractivity contribution < 1.29 is 14.3 Å². The van der Waals surface area contributed by atoms with Crippen molar-refractivity contribution >= 4 is 22.4 Å². The second-order valence-electron chi connectivity index (χ2n) is 5.04. The van der Waals surface area contributed by atoms with Crippen LogP contribution in [0.2, 0.25) is 0 Å². The molecule has 1 amide bonds. The molecule has 21 heavy (non-hydrogen) atoms. The van der Waals surface area contributed by atoms with E-state index in [4.69, 9.17) is 9.47 Å². The average molecular weight is 313 g/mol. The fourth-order valence-electron chi connectivity index (χ4n) is 2.26. The number of hydrogen-bond acceptors (Lipinski definition) is 6. The number of anilines is 1. The maximum atomic E-state index is 12.1. The molecule has 1 aliphatic heterocycles. The molecule has 2 rings (SSSR count). The number of carbonyl (C=O) groups excluding carboxylic acids is 1. The van der Waals surface area contributed by atoms with Crippen LogP contribution in [0.25, 0.3) is 0 Å². The molecule has 0 bridgehead atoms. The summed E-state index contributed by atoms with van der Waals surface area (Å²) < 4.78 is 15.2. The van der Waals surface area contributed by atoms with E-state index >= 15 is 0 Å². The van der Waals surface area contributed by atoms with Gasteiger partial charge in [0, 0.05) is 26.8 Å². The summed E-state index contributed by atoms with van der Waals surface area (Å²) in [7, 11) is 1.79. The van der Waals surface area contributed by atoms with Crippen LogP contribution < -0.4 is 10.6 Å². The number of nitrogens with one attached hydrogen (secondary N) is 2. The predicted octanol–water partition coefficient (Wildman–Crippen LogP) is 1.81. The Kier molecular flexibility index (Phi) is 6.41. The summed E-state index contributed by atoms with van der Waals surface area (Å²) in [5, 5.41) is 6.71. The van der Waals surface area contributed by atoms with Crippen LogP contribution in [0.4, 0.5) is 5.00 Å². The third-order valence-corrected chi connectivity index (χ3v) is 4.35. The molecule has 1 aromatic heterocycles. The first-order valence-corrected chi connectivity index (χ1v) is 8.11. The van der Waals surface area contributed by atoms with Gasteiger partial charge in [0.2, 0.25) is 0 Å². The van der Waals surface area contributed by atoms with Crippen molar-refractivity contribution in [2.45, 2.75) is 32.3 Å². The zero-order valence-electron chi connectivity index (χ0n) is 12.6. The summed E-state index contributed by atoms with van der Waals surface area (Å²) in [4.78, 5) is 12.1. The molecule has 0 aliphatic carbocycles. The SMILES string of the molecule is CNc1snc(C)c1C(=O)NCCCOCC1CCCO1. The first kappa shape index (κ1) is 16.2. The molecule has 0 aromatic carbocycles. The van der Waals surface area contributed by atoms with Crippen LogP contribution in [-0.4, -0.2) is 49.8 Å². The topological polar surface area (TPSA) is 72.5 Å². The predicted molar refractivity (Wildman–Crippen MR) is 83.1 cm³/mol. The van der Waals surface area contributed by atoms with Gasteiger partial charge >= 0.3 is 0 Å². The van der Waals surface area contributed by atoms with E-state index in [0.29, 0.717) is 25.3 Å². The molecule has 2 heterocycles. The third-order valence-electron chi connectivity index (χ3n) is 3.40. The lowest BCUT2D eigenvalue weighted by molar-refractivity contribution is 0.0166. The van der Waals surface area contributed by atoms with Crippen LogP contribution in [0.3, 0.4) is 0 Å². The Labute approximate surface area is 129 Å². The van der Waals surface area contributed by atoms with Crippen LogP contribution >= 0.6 is 11.5 Å². The second-order valence-corrected chi connectivity index (χ2v) is 5.81. The van der Waals surface area contributed by atoms with Gasteiger partial charge in [-0.25, -0.2) is 0 Å². The highest BCUT2D eigenvalue weighted by Crippen LogP contribution is 2.23. The zero-order chi connectivity index (χ0) is 15.1. The van der Waals surface area contributed by atoms with Crippen molar-refractivity contribution in [1.82, 2.24) is 9.69 Å². The number of aryl methyl sites for hydroxylation is 1. The molecule has 1 atom stereocenters. The Morgan fingerprint density at radius 2 is 2.43 bits per heavy atom. The first-order valence-electron chi connectivity index (χ1n) is 7.34. The van der Waals surface area contributed by atoms with Crippen LogP contribution in [0, 0.1) is 6.92 Å². The minimum absolute atomic E-state index is 0.0790. The van der Waals surface area contributed by atoms with Gasteiger partial charge in [-0.1, -0.05) is 0 Å². The van der Waals surface area contributed by atoms with Gasteiger partial charge in [0.15, 0.2) is 0 Å². The van der Waals surface area contributed by atoms with E-state index in [1.807, 2.05) is 6.92 Å². The number of rotatable bonds is 8. The second kappa shape index (κ2) is 8.31. The van der Waals surface area contributed by atoms with Crippen molar-refractivity contribution in [3.8, 4) is 0 Å². The summed E-state index contributed by atoms with van der Waals surface area (Å²) in [5.74, 6) is -0.0790. The molecule has 6 nitrogen and oxygen atoms in total. The number of amides is 1. The minimum Gasteiger partial charge on any atom is -0.379 e. The smallest absolute Gasteiger partial charge is 0.256 e. The molecule has 1 saturated heterocycles. The first-order chi connectivity index (χ1) is 10.2. The van der Waals surface area contributed by atoms with Crippen molar-refractivity contribution in [3.63, 3.8) is 0 Å². The Balaban J connectivity index is 1.61. The van der Waals surface area contributed by atoms with Crippen LogP contribution in [0.1, 0.15) is 35.3 Å². The maximum Gasteiger partial charge on any atom is 0.256 e. The lowest BCUT2D eigenvalue weighted by Gasteiger charge is -2.10. The highest BCUT2D eigenvalue weighted by atomic mass is 32.1. The molecule has 0 saturated carbocycles. The van der Waals surface area contributed by atoms with Gasteiger partial charge < -0.3 is 20.1 Å². The highest BCUT2D eigenvalue weighted by Gasteiger charge is 2.17. The highest BCUT2D eigenvalue weighted by molar-refractivity contribution is 7.10. The van der Waals surface area contributed by atoms with Crippen molar-refractivity contribution in [2.75, 3.05) is 38.7 Å². The van der Waals surface area contributed by atoms with E-state index in [0.717, 1.165) is 36.6 Å². The molecule has 1 aromatic rings. The number of aromatic nitrogens is 1. The van der Waals surface area contributed by atoms with Crippen molar-refractivity contribution in [1.29, 1.82) is 0 Å². The Bertz CT molecular complexity index is 458. The minimum atomic E-state index is -0.0790. The molecular formula is C14H23N3O3S. The van der Waals surface area contributed by atoms with E-state index < -0.39 is 0 Å². The van der Waals surface area contributed by atoms with Crippen molar-refractivity contribution in [2.24, 2.45) is 0 Å². The summed E-state index contributed by atoms with van der Waals surface area (Å²) in [6.45, 7) is 4.59. The maximum absolute atomic E-state index is 12.1. The van der Waals surface area contributed by atoms with E-state index in [-0.39, 0.29) is 12.0 Å². The lowest BCUT2D eigenvalue weighted by Crippen LogP contribution is -2.26. The number of hydrogen-bond donors (Lipinski definition) is 2. The van der Waals surface area contributed by atoms with Crippen LogP contribution in [-0.2, 0) is 9.47 Å². The summed E-state index contributed by atoms with van der Waals surface area (Å²) in [6.07, 6.45) is 3.28. The molecule has 1 aliphatic rings. The van der Waals surface area contributed by atoms with Gasteiger partial charge in [-0.3, -0.25) is 4.79 Å². The molecule has 7 heteroatoms. The van der Waals surface area contributed by atoms with Gasteiger partial charge in [0.1, 0.15) is 5.00 Å². The van der Waals surface area contributed by atoms with E-state index in [1.165, 1.54) is 11.5 Å². The van der Waals surface area contributed by atoms with Gasteiger partial charge in [-0.15, -0.1) is 0 Å². The monoisotopic (exact) mass is 313 g/mol. The summed E-state index contributed by atoms with van der Waals surface area (Å²) >= 11 is 1.31. The molecule has 118 valence electrons. The number of nitrogens with zero attached hydrogens (tertiary/aromatic N) is 1. The molecule has 2 N–H and O–H groups in total. The average Bonchev–Trinajstić information content (AvgIpc) is 3.11. The van der Waals surface area contributed by atoms with Gasteiger partial charge in [-0.2, -0.15) is 4.37 Å².